The van der Waals surface area contributed by atoms with Crippen LogP contribution in [-0.4, -0.2) is 36.2 Å². The first-order valence-electron chi connectivity index (χ1n) is 7.62. The minimum absolute atomic E-state index is 0.0922. The molecule has 1 aliphatic carbocycles. The van der Waals surface area contributed by atoms with E-state index in [1.54, 1.807) is 19.3 Å². The number of aliphatic carboxylic acids is 1. The number of nitrogens with one attached hydrogen (secondary N) is 1. The number of carboxylic acids is 1. The number of benzene rings is 1. The molecule has 1 aliphatic heterocycles. The van der Waals surface area contributed by atoms with Gasteiger partial charge in [-0.1, -0.05) is 25.0 Å². The zero-order valence-corrected chi connectivity index (χ0v) is 12.9. The molecule has 23 heavy (non-hydrogen) atoms. The molecule has 1 fully saturated rings. The SMILES string of the molecule is COc1cccc2c1OCC(C(=O)NC1(C(=O)O)CCCC1)=C2. The van der Waals surface area contributed by atoms with Gasteiger partial charge in [-0.3, -0.25) is 4.79 Å². The van der Waals surface area contributed by atoms with Crippen molar-refractivity contribution in [3.05, 3.63) is 29.3 Å². The Morgan fingerprint density at radius 1 is 1.30 bits per heavy atom. The van der Waals surface area contributed by atoms with E-state index >= 15 is 0 Å². The van der Waals surface area contributed by atoms with E-state index in [-0.39, 0.29) is 12.5 Å². The minimum atomic E-state index is -1.15. The summed E-state index contributed by atoms with van der Waals surface area (Å²) < 4.78 is 10.9. The number of amides is 1. The number of hydrogen-bond donors (Lipinski definition) is 2. The maximum absolute atomic E-state index is 12.5. The van der Waals surface area contributed by atoms with Crippen LogP contribution in [0, 0.1) is 0 Å². The highest BCUT2D eigenvalue weighted by atomic mass is 16.5. The average Bonchev–Trinajstić information content (AvgIpc) is 3.03. The first-order valence-corrected chi connectivity index (χ1v) is 7.62. The average molecular weight is 317 g/mol. The van der Waals surface area contributed by atoms with Crippen molar-refractivity contribution < 1.29 is 24.2 Å². The molecule has 3 rings (SSSR count). The Morgan fingerprint density at radius 3 is 2.70 bits per heavy atom. The highest BCUT2D eigenvalue weighted by Gasteiger charge is 2.43. The molecule has 122 valence electrons. The van der Waals surface area contributed by atoms with Gasteiger partial charge in [0.1, 0.15) is 12.1 Å². The standard InChI is InChI=1S/C17H19NO5/c1-22-13-6-4-5-11-9-12(10-23-14(11)13)15(19)18-17(16(20)21)7-2-3-8-17/h4-6,9H,2-3,7-8,10H2,1H3,(H,18,19)(H,20,21). The van der Waals surface area contributed by atoms with Crippen LogP contribution in [0.5, 0.6) is 11.5 Å². The van der Waals surface area contributed by atoms with Crippen LogP contribution < -0.4 is 14.8 Å². The first-order chi connectivity index (χ1) is 11.1. The fourth-order valence-electron chi connectivity index (χ4n) is 3.14. The van der Waals surface area contributed by atoms with Gasteiger partial charge in [-0.25, -0.2) is 4.79 Å². The molecule has 6 heteroatoms. The summed E-state index contributed by atoms with van der Waals surface area (Å²) >= 11 is 0. The van der Waals surface area contributed by atoms with Gasteiger partial charge >= 0.3 is 5.97 Å². The molecule has 0 saturated heterocycles. The third-order valence-corrected chi connectivity index (χ3v) is 4.44. The van der Waals surface area contributed by atoms with E-state index in [1.165, 1.54) is 0 Å². The van der Waals surface area contributed by atoms with Crippen molar-refractivity contribution in [2.24, 2.45) is 0 Å². The molecule has 1 amide bonds. The van der Waals surface area contributed by atoms with Crippen molar-refractivity contribution >= 4 is 18.0 Å². The van der Waals surface area contributed by atoms with Crippen LogP contribution in [0.4, 0.5) is 0 Å². The number of hydrogen-bond acceptors (Lipinski definition) is 4. The van der Waals surface area contributed by atoms with Crippen LogP contribution >= 0.6 is 0 Å². The molecule has 1 heterocycles. The summed E-state index contributed by atoms with van der Waals surface area (Å²) in [5.74, 6) is -0.151. The molecule has 0 aromatic heterocycles. The quantitative estimate of drug-likeness (QED) is 0.887. The van der Waals surface area contributed by atoms with Crippen LogP contribution in [0.15, 0.2) is 23.8 Å². The molecular weight excluding hydrogens is 298 g/mol. The molecule has 0 spiro atoms. The largest absolute Gasteiger partial charge is 0.493 e. The Kier molecular flexibility index (Phi) is 3.98. The van der Waals surface area contributed by atoms with E-state index in [0.29, 0.717) is 29.9 Å². The van der Waals surface area contributed by atoms with Gasteiger partial charge in [0.15, 0.2) is 11.5 Å². The monoisotopic (exact) mass is 317 g/mol. The van der Waals surface area contributed by atoms with Crippen molar-refractivity contribution in [3.8, 4) is 11.5 Å². The number of rotatable bonds is 4. The molecule has 1 aromatic rings. The minimum Gasteiger partial charge on any atom is -0.493 e. The van der Waals surface area contributed by atoms with E-state index in [4.69, 9.17) is 9.47 Å². The summed E-state index contributed by atoms with van der Waals surface area (Å²) in [6.45, 7) is 0.0922. The summed E-state index contributed by atoms with van der Waals surface area (Å²) in [5, 5.41) is 12.2. The van der Waals surface area contributed by atoms with E-state index < -0.39 is 11.5 Å². The molecule has 6 nitrogen and oxygen atoms in total. The van der Waals surface area contributed by atoms with Crippen LogP contribution in [0.2, 0.25) is 0 Å². The molecule has 2 aliphatic rings. The third-order valence-electron chi connectivity index (χ3n) is 4.44. The summed E-state index contributed by atoms with van der Waals surface area (Å²) in [6, 6.07) is 5.43. The lowest BCUT2D eigenvalue weighted by Crippen LogP contribution is -2.53. The summed E-state index contributed by atoms with van der Waals surface area (Å²) in [4.78, 5) is 24.0. The first kappa shape index (κ1) is 15.4. The number of fused-ring (bicyclic) bond motifs is 1. The van der Waals surface area contributed by atoms with Gasteiger partial charge in [-0.05, 0) is 25.0 Å². The number of carbonyl (C=O) groups is 2. The lowest BCUT2D eigenvalue weighted by atomic mass is 9.96. The van der Waals surface area contributed by atoms with E-state index in [0.717, 1.165) is 18.4 Å². The highest BCUT2D eigenvalue weighted by molar-refractivity contribution is 6.01. The summed E-state index contributed by atoms with van der Waals surface area (Å²) in [5.41, 5.74) is 0.0156. The second kappa shape index (κ2) is 5.95. The Labute approximate surface area is 134 Å². The Balaban J connectivity index is 1.83. The number of para-hydroxylation sites is 1. The Bertz CT molecular complexity index is 674. The van der Waals surface area contributed by atoms with E-state index in [9.17, 15) is 14.7 Å². The smallest absolute Gasteiger partial charge is 0.329 e. The number of carbonyl (C=O) groups excluding carboxylic acids is 1. The van der Waals surface area contributed by atoms with E-state index in [1.807, 2.05) is 12.1 Å². The van der Waals surface area contributed by atoms with Gasteiger partial charge < -0.3 is 19.9 Å². The second-order valence-electron chi connectivity index (χ2n) is 5.89. The van der Waals surface area contributed by atoms with Crippen molar-refractivity contribution in [2.45, 2.75) is 31.2 Å². The Hall–Kier alpha value is -2.50. The summed E-state index contributed by atoms with van der Waals surface area (Å²) in [7, 11) is 1.56. The molecule has 0 bridgehead atoms. The predicted molar refractivity (Wildman–Crippen MR) is 83.4 cm³/mol. The van der Waals surface area contributed by atoms with Gasteiger partial charge in [0.25, 0.3) is 5.91 Å². The van der Waals surface area contributed by atoms with Crippen LogP contribution in [0.25, 0.3) is 6.08 Å². The molecule has 0 atom stereocenters. The van der Waals surface area contributed by atoms with Gasteiger partial charge in [-0.15, -0.1) is 0 Å². The van der Waals surface area contributed by atoms with Gasteiger partial charge in [0.05, 0.1) is 12.7 Å². The van der Waals surface area contributed by atoms with Crippen molar-refractivity contribution in [1.82, 2.24) is 5.32 Å². The lowest BCUT2D eigenvalue weighted by Gasteiger charge is -2.27. The lowest BCUT2D eigenvalue weighted by molar-refractivity contribution is -0.146. The van der Waals surface area contributed by atoms with Crippen LogP contribution in [-0.2, 0) is 9.59 Å². The van der Waals surface area contributed by atoms with Crippen molar-refractivity contribution in [2.75, 3.05) is 13.7 Å². The molecular formula is C17H19NO5. The molecule has 2 N–H and O–H groups in total. The van der Waals surface area contributed by atoms with Crippen LogP contribution in [0.1, 0.15) is 31.2 Å². The zero-order chi connectivity index (χ0) is 16.4. The van der Waals surface area contributed by atoms with E-state index in [2.05, 4.69) is 5.32 Å². The number of methoxy groups -OCH3 is 1. The maximum Gasteiger partial charge on any atom is 0.329 e. The van der Waals surface area contributed by atoms with Crippen LogP contribution in [0.3, 0.4) is 0 Å². The van der Waals surface area contributed by atoms with Gasteiger partial charge in [0, 0.05) is 5.56 Å². The van der Waals surface area contributed by atoms with Gasteiger partial charge in [-0.2, -0.15) is 0 Å². The number of carboxylic acid groups (broad SMARTS) is 1. The highest BCUT2D eigenvalue weighted by Crippen LogP contribution is 2.36. The fraction of sp³-hybridized carbons (Fsp3) is 0.412. The zero-order valence-electron chi connectivity index (χ0n) is 12.9. The molecule has 1 saturated carbocycles. The normalized spacial score (nSPS) is 18.4. The summed E-state index contributed by atoms with van der Waals surface area (Å²) in [6.07, 6.45) is 4.27. The van der Waals surface area contributed by atoms with Crippen molar-refractivity contribution in [3.63, 3.8) is 0 Å². The molecule has 0 unspecified atom stereocenters. The van der Waals surface area contributed by atoms with Gasteiger partial charge in [0.2, 0.25) is 0 Å². The fourth-order valence-corrected chi connectivity index (χ4v) is 3.14. The Morgan fingerprint density at radius 2 is 2.04 bits per heavy atom. The second-order valence-corrected chi connectivity index (χ2v) is 5.89. The topological polar surface area (TPSA) is 84.9 Å². The van der Waals surface area contributed by atoms with Crippen molar-refractivity contribution in [1.29, 1.82) is 0 Å². The molecule has 1 aromatic carbocycles. The number of ether oxygens (including phenoxy) is 2. The predicted octanol–water partition coefficient (Wildman–Crippen LogP) is 1.98. The molecule has 0 radical (unpaired) electrons. The maximum atomic E-state index is 12.5. The third kappa shape index (κ3) is 2.76.